The molecule has 1 aromatic carbocycles. The van der Waals surface area contributed by atoms with Gasteiger partial charge in [-0.15, -0.1) is 0 Å². The van der Waals surface area contributed by atoms with Crippen molar-refractivity contribution in [1.82, 2.24) is 24.7 Å². The Balaban J connectivity index is 1.30. The highest BCUT2D eigenvalue weighted by Gasteiger charge is 2.35. The van der Waals surface area contributed by atoms with Crippen molar-refractivity contribution in [2.24, 2.45) is 0 Å². The number of aliphatic hydroxyl groups excluding tert-OH is 1. The summed E-state index contributed by atoms with van der Waals surface area (Å²) in [6, 6.07) is 6.11. The smallest absolute Gasteiger partial charge is 0.231 e. The minimum atomic E-state index is -0.529. The molecular weight excluding hydrogens is 523 g/mol. The minimum absolute atomic E-state index is 0.131. The molecule has 0 saturated carbocycles. The predicted molar refractivity (Wildman–Crippen MR) is 151 cm³/mol. The van der Waals surface area contributed by atoms with Gasteiger partial charge in [-0.3, -0.25) is 14.6 Å². The second kappa shape index (κ2) is 11.6. The number of nitrogens with zero attached hydrogens (tertiary/aromatic N) is 6. The summed E-state index contributed by atoms with van der Waals surface area (Å²) in [6.07, 6.45) is 1.70. The van der Waals surface area contributed by atoms with E-state index in [0.717, 1.165) is 48.8 Å². The van der Waals surface area contributed by atoms with E-state index in [2.05, 4.69) is 45.4 Å². The fourth-order valence-electron chi connectivity index (χ4n) is 6.09. The molecule has 2 fully saturated rings. The van der Waals surface area contributed by atoms with E-state index in [1.807, 2.05) is 17.0 Å². The molecule has 38 heavy (non-hydrogen) atoms. The van der Waals surface area contributed by atoms with Gasteiger partial charge in [-0.1, -0.05) is 36.2 Å². The van der Waals surface area contributed by atoms with E-state index < -0.39 is 6.10 Å². The van der Waals surface area contributed by atoms with E-state index in [0.29, 0.717) is 55.2 Å². The van der Waals surface area contributed by atoms with Crippen LogP contribution in [0.2, 0.25) is 10.0 Å². The van der Waals surface area contributed by atoms with Crippen LogP contribution in [-0.4, -0.2) is 101 Å². The van der Waals surface area contributed by atoms with Crippen molar-refractivity contribution in [3.05, 3.63) is 51.4 Å². The summed E-state index contributed by atoms with van der Waals surface area (Å²) in [7, 11) is 0. The minimum Gasteiger partial charge on any atom is -0.387 e. The van der Waals surface area contributed by atoms with Gasteiger partial charge in [0.1, 0.15) is 12.1 Å². The van der Waals surface area contributed by atoms with Crippen LogP contribution in [0.15, 0.2) is 24.5 Å². The van der Waals surface area contributed by atoms with Crippen LogP contribution in [0.25, 0.3) is 0 Å². The summed E-state index contributed by atoms with van der Waals surface area (Å²) in [5.74, 6) is 0.938. The Morgan fingerprint density at radius 2 is 1.74 bits per heavy atom. The van der Waals surface area contributed by atoms with Gasteiger partial charge >= 0.3 is 0 Å². The third kappa shape index (κ3) is 5.65. The predicted octanol–water partition coefficient (Wildman–Crippen LogP) is 3.78. The highest BCUT2D eigenvalue weighted by molar-refractivity contribution is 6.42. The summed E-state index contributed by atoms with van der Waals surface area (Å²) in [4.78, 5) is 32.0. The number of hydrogen-bond donors (Lipinski definition) is 1. The van der Waals surface area contributed by atoms with E-state index in [9.17, 15) is 9.90 Å². The van der Waals surface area contributed by atoms with E-state index >= 15 is 0 Å². The Hall–Kier alpha value is -1.97. The lowest BCUT2D eigenvalue weighted by atomic mass is 9.96. The van der Waals surface area contributed by atoms with Gasteiger partial charge in [0.05, 0.1) is 27.8 Å². The molecule has 10 heteroatoms. The van der Waals surface area contributed by atoms with Crippen LogP contribution in [0.5, 0.6) is 0 Å². The lowest BCUT2D eigenvalue weighted by Crippen LogP contribution is -2.53. The van der Waals surface area contributed by atoms with Gasteiger partial charge in [0.25, 0.3) is 0 Å². The Morgan fingerprint density at radius 1 is 1.03 bits per heavy atom. The first-order valence-corrected chi connectivity index (χ1v) is 14.5. The van der Waals surface area contributed by atoms with Crippen molar-refractivity contribution in [2.75, 3.05) is 63.8 Å². The zero-order valence-electron chi connectivity index (χ0n) is 22.5. The number of hydrogen-bond acceptors (Lipinski definition) is 7. The second-order valence-corrected chi connectivity index (χ2v) is 11.9. The maximum atomic E-state index is 14.0. The average Bonchev–Trinajstić information content (AvgIpc) is 3.22. The molecule has 3 heterocycles. The molecule has 0 spiro atoms. The fraction of sp³-hybridized carbons (Fsp3) is 0.607. The largest absolute Gasteiger partial charge is 0.387 e. The number of anilines is 1. The molecule has 5 rings (SSSR count). The number of fused-ring (bicyclic) bond motifs is 1. The molecule has 1 aliphatic carbocycles. The molecule has 8 nitrogen and oxygen atoms in total. The lowest BCUT2D eigenvalue weighted by molar-refractivity contribution is -0.133. The van der Waals surface area contributed by atoms with Crippen molar-refractivity contribution in [2.45, 2.75) is 51.2 Å². The Kier molecular flexibility index (Phi) is 8.45. The van der Waals surface area contributed by atoms with Crippen LogP contribution < -0.4 is 4.90 Å². The van der Waals surface area contributed by atoms with E-state index in [-0.39, 0.29) is 17.7 Å². The van der Waals surface area contributed by atoms with Crippen LogP contribution >= 0.6 is 23.2 Å². The van der Waals surface area contributed by atoms with E-state index in [1.165, 1.54) is 0 Å². The monoisotopic (exact) mass is 560 g/mol. The van der Waals surface area contributed by atoms with Gasteiger partial charge in [-0.05, 0) is 43.9 Å². The Morgan fingerprint density at radius 3 is 2.39 bits per heavy atom. The Labute approximate surface area is 235 Å². The van der Waals surface area contributed by atoms with E-state index in [1.54, 1.807) is 12.4 Å². The first kappa shape index (κ1) is 27.6. The van der Waals surface area contributed by atoms with Crippen LogP contribution in [0.4, 0.5) is 5.82 Å². The average molecular weight is 562 g/mol. The first-order valence-electron chi connectivity index (χ1n) is 13.7. The number of carbonyl (C=O) groups is 1. The number of benzene rings is 1. The standard InChI is InChI=1S/C28H38Cl2N6O2/c1-18(2)34-8-6-33(7-9-34)16-21(20-4-5-22(29)23(30)15-20)28(38)36-12-10-35(11-13-36)27-25-19(3)14-24(37)26(25)31-17-32-27/h4-5,15,17-19,21,24,37H,6-14,16H2,1-3H3/t19-,21-,24-/m1/s1. The second-order valence-electron chi connectivity index (χ2n) is 11.1. The van der Waals surface area contributed by atoms with Gasteiger partial charge in [0.2, 0.25) is 5.91 Å². The first-order chi connectivity index (χ1) is 18.2. The normalized spacial score (nSPS) is 23.7. The third-order valence-electron chi connectivity index (χ3n) is 8.39. The molecule has 2 aliphatic heterocycles. The van der Waals surface area contributed by atoms with Crippen LogP contribution in [0, 0.1) is 0 Å². The summed E-state index contributed by atoms with van der Waals surface area (Å²) in [5, 5.41) is 11.4. The maximum Gasteiger partial charge on any atom is 0.231 e. The van der Waals surface area contributed by atoms with E-state index in [4.69, 9.17) is 23.2 Å². The number of piperazine rings is 2. The molecule has 0 radical (unpaired) electrons. The lowest BCUT2D eigenvalue weighted by Gasteiger charge is -2.40. The topological polar surface area (TPSA) is 76.0 Å². The summed E-state index contributed by atoms with van der Waals surface area (Å²) in [5.41, 5.74) is 2.71. The number of aromatic nitrogens is 2. The van der Waals surface area contributed by atoms with Crippen LogP contribution in [0.3, 0.4) is 0 Å². The molecule has 2 aromatic rings. The van der Waals surface area contributed by atoms with Gasteiger partial charge in [0, 0.05) is 70.5 Å². The summed E-state index contributed by atoms with van der Waals surface area (Å²) >= 11 is 12.6. The fourth-order valence-corrected chi connectivity index (χ4v) is 6.40. The summed E-state index contributed by atoms with van der Waals surface area (Å²) < 4.78 is 0. The van der Waals surface area contributed by atoms with Gasteiger partial charge in [-0.25, -0.2) is 9.97 Å². The van der Waals surface area contributed by atoms with Crippen LogP contribution in [0.1, 0.15) is 62.0 Å². The van der Waals surface area contributed by atoms with Gasteiger partial charge < -0.3 is 14.9 Å². The number of carbonyl (C=O) groups excluding carboxylic acids is 1. The number of amides is 1. The molecule has 1 aromatic heterocycles. The molecule has 0 unspecified atom stereocenters. The molecule has 1 amide bonds. The van der Waals surface area contributed by atoms with Gasteiger partial charge in [-0.2, -0.15) is 0 Å². The molecule has 3 atom stereocenters. The molecule has 1 N–H and O–H groups in total. The maximum absolute atomic E-state index is 14.0. The number of aliphatic hydroxyl groups is 1. The van der Waals surface area contributed by atoms with Crippen LogP contribution in [-0.2, 0) is 4.79 Å². The third-order valence-corrected chi connectivity index (χ3v) is 9.13. The van der Waals surface area contributed by atoms with Crippen molar-refractivity contribution in [3.8, 4) is 0 Å². The van der Waals surface area contributed by atoms with Crippen molar-refractivity contribution >= 4 is 34.9 Å². The number of rotatable bonds is 6. The quantitative estimate of drug-likeness (QED) is 0.576. The zero-order chi connectivity index (χ0) is 27.0. The Bertz CT molecular complexity index is 1150. The SMILES string of the molecule is CC(C)N1CCN(C[C@@H](C(=O)N2CCN(c3ncnc4c3[C@H](C)C[C@H]4O)CC2)c2ccc(Cl)c(Cl)c2)CC1. The van der Waals surface area contributed by atoms with Crippen molar-refractivity contribution < 1.29 is 9.90 Å². The highest BCUT2D eigenvalue weighted by Crippen LogP contribution is 2.43. The van der Waals surface area contributed by atoms with Gasteiger partial charge in [0.15, 0.2) is 0 Å². The molecule has 206 valence electrons. The zero-order valence-corrected chi connectivity index (χ0v) is 24.0. The van der Waals surface area contributed by atoms with Crippen molar-refractivity contribution in [1.29, 1.82) is 0 Å². The molecule has 2 saturated heterocycles. The molecular formula is C28H38Cl2N6O2. The van der Waals surface area contributed by atoms with Crippen molar-refractivity contribution in [3.63, 3.8) is 0 Å². The number of halogens is 2. The molecule has 0 bridgehead atoms. The summed E-state index contributed by atoms with van der Waals surface area (Å²) in [6.45, 7) is 13.8. The highest BCUT2D eigenvalue weighted by atomic mass is 35.5. The molecule has 3 aliphatic rings.